The Balaban J connectivity index is 1.43. The molecule has 1 atom stereocenters. The van der Waals surface area contributed by atoms with Crippen molar-refractivity contribution in [3.63, 3.8) is 0 Å². The third-order valence-corrected chi connectivity index (χ3v) is 4.55. The van der Waals surface area contributed by atoms with Gasteiger partial charge in [-0.25, -0.2) is 4.98 Å². The molecule has 1 aliphatic rings. The molecule has 0 aromatic carbocycles. The summed E-state index contributed by atoms with van der Waals surface area (Å²) in [6, 6.07) is 3.38. The van der Waals surface area contributed by atoms with Gasteiger partial charge in [-0.05, 0) is 31.9 Å². The van der Waals surface area contributed by atoms with Crippen LogP contribution < -0.4 is 10.6 Å². The van der Waals surface area contributed by atoms with E-state index in [1.165, 1.54) is 6.39 Å². The molecule has 1 unspecified atom stereocenters. The number of nitrogens with zero attached hydrogens (tertiary/aromatic N) is 2. The summed E-state index contributed by atoms with van der Waals surface area (Å²) >= 11 is 0. The van der Waals surface area contributed by atoms with Crippen LogP contribution >= 0.6 is 0 Å². The predicted molar refractivity (Wildman–Crippen MR) is 90.9 cm³/mol. The lowest BCUT2D eigenvalue weighted by atomic mass is 9.91. The van der Waals surface area contributed by atoms with Crippen LogP contribution in [0.3, 0.4) is 0 Å². The molecule has 0 spiro atoms. The number of amides is 2. The second-order valence-corrected chi connectivity index (χ2v) is 6.38. The lowest BCUT2D eigenvalue weighted by Crippen LogP contribution is -2.39. The molecule has 4 rings (SSSR count). The fraction of sp³-hybridized carbons (Fsp3) is 0.333. The Labute approximate surface area is 154 Å². The van der Waals surface area contributed by atoms with E-state index in [0.29, 0.717) is 36.5 Å². The Hall–Kier alpha value is -3.36. The fourth-order valence-corrected chi connectivity index (χ4v) is 3.14. The van der Waals surface area contributed by atoms with Crippen LogP contribution in [-0.4, -0.2) is 28.0 Å². The lowest BCUT2D eigenvalue weighted by molar-refractivity contribution is 0.0903. The third-order valence-electron chi connectivity index (χ3n) is 4.55. The van der Waals surface area contributed by atoms with Crippen molar-refractivity contribution in [2.45, 2.75) is 38.8 Å². The van der Waals surface area contributed by atoms with Crippen LogP contribution in [0.25, 0.3) is 0 Å². The van der Waals surface area contributed by atoms with Gasteiger partial charge in [-0.1, -0.05) is 5.16 Å². The maximum absolute atomic E-state index is 12.4. The summed E-state index contributed by atoms with van der Waals surface area (Å²) < 4.78 is 15.6. The zero-order chi connectivity index (χ0) is 18.8. The normalized spacial score (nSPS) is 16.0. The van der Waals surface area contributed by atoms with Crippen LogP contribution in [0.2, 0.25) is 0 Å². The highest BCUT2D eigenvalue weighted by Gasteiger charge is 2.30. The molecule has 2 amide bonds. The van der Waals surface area contributed by atoms with E-state index in [1.807, 2.05) is 0 Å². The van der Waals surface area contributed by atoms with Gasteiger partial charge in [0.15, 0.2) is 12.1 Å². The Bertz CT molecular complexity index is 956. The summed E-state index contributed by atoms with van der Waals surface area (Å²) in [5.41, 5.74) is 1.50. The molecule has 2 N–H and O–H groups in total. The molecule has 0 fully saturated rings. The molecular weight excluding hydrogens is 352 g/mol. The fourth-order valence-electron chi connectivity index (χ4n) is 3.14. The zero-order valence-corrected chi connectivity index (χ0v) is 14.7. The second kappa shape index (κ2) is 7.10. The number of nitrogens with one attached hydrogen (secondary N) is 2. The highest BCUT2D eigenvalue weighted by molar-refractivity contribution is 5.94. The van der Waals surface area contributed by atoms with E-state index in [2.05, 4.69) is 20.8 Å². The van der Waals surface area contributed by atoms with E-state index in [1.54, 1.807) is 25.3 Å². The van der Waals surface area contributed by atoms with Crippen LogP contribution in [0, 0.1) is 6.92 Å². The van der Waals surface area contributed by atoms with Crippen LogP contribution in [0.15, 0.2) is 38.1 Å². The quantitative estimate of drug-likeness (QED) is 0.701. The monoisotopic (exact) mass is 370 g/mol. The Kier molecular flexibility index (Phi) is 4.49. The van der Waals surface area contributed by atoms with Crippen molar-refractivity contribution in [2.24, 2.45) is 0 Å². The minimum absolute atomic E-state index is 0.148. The van der Waals surface area contributed by atoms with Crippen molar-refractivity contribution in [1.29, 1.82) is 0 Å². The van der Waals surface area contributed by atoms with Crippen molar-refractivity contribution in [3.05, 3.63) is 59.0 Å². The minimum Gasteiger partial charge on any atom is -0.467 e. The number of carbonyl (C=O) groups excluding carboxylic acids is 2. The highest BCUT2D eigenvalue weighted by atomic mass is 16.5. The topological polar surface area (TPSA) is 123 Å². The van der Waals surface area contributed by atoms with Gasteiger partial charge in [-0.3, -0.25) is 9.59 Å². The second-order valence-electron chi connectivity index (χ2n) is 6.38. The van der Waals surface area contributed by atoms with Gasteiger partial charge < -0.3 is 24.0 Å². The van der Waals surface area contributed by atoms with Crippen LogP contribution in [0.1, 0.15) is 50.2 Å². The molecule has 0 saturated carbocycles. The minimum atomic E-state index is -0.338. The number of hydrogen-bond donors (Lipinski definition) is 2. The van der Waals surface area contributed by atoms with Gasteiger partial charge >= 0.3 is 0 Å². The molecule has 0 bridgehead atoms. The van der Waals surface area contributed by atoms with E-state index >= 15 is 0 Å². The molecule has 140 valence electrons. The summed E-state index contributed by atoms with van der Waals surface area (Å²) in [6.45, 7) is 1.97. The van der Waals surface area contributed by atoms with Gasteiger partial charge in [0, 0.05) is 18.0 Å². The number of hydrogen-bond acceptors (Lipinski definition) is 7. The first-order chi connectivity index (χ1) is 13.1. The number of carbonyl (C=O) groups is 2. The van der Waals surface area contributed by atoms with Crippen LogP contribution in [-0.2, 0) is 19.4 Å². The maximum Gasteiger partial charge on any atom is 0.289 e. The molecular formula is C18H18N4O5. The molecule has 0 radical (unpaired) electrons. The number of oxazole rings is 1. The number of furan rings is 1. The third kappa shape index (κ3) is 3.48. The summed E-state index contributed by atoms with van der Waals surface area (Å²) in [7, 11) is 0. The Morgan fingerprint density at radius 3 is 2.93 bits per heavy atom. The Morgan fingerprint density at radius 1 is 1.30 bits per heavy atom. The molecule has 3 aromatic rings. The lowest BCUT2D eigenvalue weighted by Gasteiger charge is -2.22. The van der Waals surface area contributed by atoms with Crippen molar-refractivity contribution >= 4 is 11.8 Å². The summed E-state index contributed by atoms with van der Waals surface area (Å²) in [6.07, 6.45) is 4.53. The van der Waals surface area contributed by atoms with Crippen molar-refractivity contribution in [2.75, 3.05) is 0 Å². The number of aryl methyl sites for hydroxylation is 2. The first-order valence-corrected chi connectivity index (χ1v) is 8.60. The standard InChI is InChI=1S/C18H18N4O5/c1-10-16(26-9-20-10)18(24)21-11-4-5-14-13(7-11)15(22-27-14)17(23)19-8-12-3-2-6-25-12/h2-3,6,9,11H,4-5,7-8H2,1H3,(H,19,23)(H,21,24). The highest BCUT2D eigenvalue weighted by Crippen LogP contribution is 2.25. The summed E-state index contributed by atoms with van der Waals surface area (Å²) in [4.78, 5) is 28.7. The smallest absolute Gasteiger partial charge is 0.289 e. The van der Waals surface area contributed by atoms with Crippen LogP contribution in [0.5, 0.6) is 0 Å². The molecule has 9 nitrogen and oxygen atoms in total. The average molecular weight is 370 g/mol. The van der Waals surface area contributed by atoms with Crippen molar-refractivity contribution in [1.82, 2.24) is 20.8 Å². The summed E-state index contributed by atoms with van der Waals surface area (Å²) in [5.74, 6) is 0.864. The van der Waals surface area contributed by atoms with E-state index < -0.39 is 0 Å². The SMILES string of the molecule is Cc1ncoc1C(=O)NC1CCc2onc(C(=O)NCc3ccco3)c2C1. The van der Waals surface area contributed by atoms with Gasteiger partial charge in [0.05, 0.1) is 18.5 Å². The van der Waals surface area contributed by atoms with Gasteiger partial charge in [0.2, 0.25) is 5.76 Å². The van der Waals surface area contributed by atoms with E-state index in [9.17, 15) is 9.59 Å². The maximum atomic E-state index is 12.4. The Morgan fingerprint density at radius 2 is 2.19 bits per heavy atom. The van der Waals surface area contributed by atoms with Crippen LogP contribution in [0.4, 0.5) is 0 Å². The predicted octanol–water partition coefficient (Wildman–Crippen LogP) is 1.78. The molecule has 0 saturated heterocycles. The number of fused-ring (bicyclic) bond motifs is 1. The van der Waals surface area contributed by atoms with Gasteiger partial charge in [0.25, 0.3) is 11.8 Å². The molecule has 0 aliphatic heterocycles. The van der Waals surface area contributed by atoms with E-state index in [0.717, 1.165) is 5.56 Å². The molecule has 1 aliphatic carbocycles. The van der Waals surface area contributed by atoms with Crippen molar-refractivity contribution < 1.29 is 22.9 Å². The van der Waals surface area contributed by atoms with Gasteiger partial charge in [0.1, 0.15) is 11.5 Å². The van der Waals surface area contributed by atoms with Crippen molar-refractivity contribution in [3.8, 4) is 0 Å². The molecule has 9 heteroatoms. The average Bonchev–Trinajstić information content (AvgIpc) is 3.40. The number of aromatic nitrogens is 2. The summed E-state index contributed by atoms with van der Waals surface area (Å²) in [5, 5.41) is 9.60. The molecule has 3 aromatic heterocycles. The van der Waals surface area contributed by atoms with E-state index in [-0.39, 0.29) is 35.9 Å². The van der Waals surface area contributed by atoms with E-state index in [4.69, 9.17) is 13.4 Å². The first-order valence-electron chi connectivity index (χ1n) is 8.60. The van der Waals surface area contributed by atoms with Gasteiger partial charge in [-0.2, -0.15) is 0 Å². The van der Waals surface area contributed by atoms with Gasteiger partial charge in [-0.15, -0.1) is 0 Å². The first kappa shape index (κ1) is 17.1. The number of rotatable bonds is 5. The largest absolute Gasteiger partial charge is 0.467 e. The molecule has 3 heterocycles. The zero-order valence-electron chi connectivity index (χ0n) is 14.7. The molecule has 27 heavy (non-hydrogen) atoms.